The molecule has 12 heteroatoms. The third kappa shape index (κ3) is 7.29. The van der Waals surface area contributed by atoms with Crippen LogP contribution in [0.1, 0.15) is 84.2 Å². The van der Waals surface area contributed by atoms with Crippen molar-refractivity contribution in [1.82, 2.24) is 35.7 Å². The number of aromatic amines is 1. The second-order valence-electron chi connectivity index (χ2n) is 17.0. The van der Waals surface area contributed by atoms with Crippen molar-refractivity contribution in [2.24, 2.45) is 11.8 Å². The smallest absolute Gasteiger partial charge is 0.410 e. The summed E-state index contributed by atoms with van der Waals surface area (Å²) < 4.78 is 10.5. The van der Waals surface area contributed by atoms with Gasteiger partial charge >= 0.3 is 12.2 Å². The monoisotopic (exact) mass is 759 g/mol. The lowest BCUT2D eigenvalue weighted by atomic mass is 9.95. The number of carbonyl (C=O) groups is 3. The van der Waals surface area contributed by atoms with Crippen molar-refractivity contribution in [2.75, 3.05) is 13.7 Å². The maximum atomic E-state index is 13.9. The number of amides is 3. The summed E-state index contributed by atoms with van der Waals surface area (Å²) in [6, 6.07) is 20.8. The summed E-state index contributed by atoms with van der Waals surface area (Å²) in [5.41, 5.74) is 5.71. The number of hydrogen-bond acceptors (Lipinski definition) is 8. The minimum absolute atomic E-state index is 0.00703. The number of carbonyl (C=O) groups excluding carboxylic acids is 3. The summed E-state index contributed by atoms with van der Waals surface area (Å²) in [4.78, 5) is 51.1. The quantitative estimate of drug-likeness (QED) is 0.144. The number of likely N-dealkylation sites (tertiary alicyclic amines) is 2. The fraction of sp³-hybridized carbons (Fsp3) is 0.455. The first-order valence-electron chi connectivity index (χ1n) is 20.0. The SMILES string of the molecule is COC(=O)N[C@H](C(=O)N1[C@H]2CC[C@H](C2)[C@H]1c1ncc(-c2ccc(-c3ccc4cc(C5=CNC([C@@H]6CCCN6C(=O)OC(C)(C)C)N5)ccc4c3)cc2)[nH]1)C(C)C. The molecule has 4 N–H and O–H groups in total. The van der Waals surface area contributed by atoms with Gasteiger partial charge in [0.1, 0.15) is 23.6 Å². The van der Waals surface area contributed by atoms with Crippen LogP contribution in [-0.2, 0) is 14.3 Å². The molecule has 1 aliphatic carbocycles. The molecule has 0 spiro atoms. The zero-order chi connectivity index (χ0) is 39.3. The Kier molecular flexibility index (Phi) is 9.92. The number of ether oxygens (including phenoxy) is 2. The van der Waals surface area contributed by atoms with Crippen LogP contribution < -0.4 is 16.0 Å². The number of fused-ring (bicyclic) bond motifs is 3. The second-order valence-corrected chi connectivity index (χ2v) is 17.0. The van der Waals surface area contributed by atoms with Crippen molar-refractivity contribution in [1.29, 1.82) is 0 Å². The van der Waals surface area contributed by atoms with E-state index in [0.29, 0.717) is 12.5 Å². The van der Waals surface area contributed by atoms with E-state index in [1.165, 1.54) is 7.11 Å². The number of nitrogens with zero attached hydrogens (tertiary/aromatic N) is 3. The van der Waals surface area contributed by atoms with Gasteiger partial charge in [0.05, 0.1) is 36.8 Å². The predicted octanol–water partition coefficient (Wildman–Crippen LogP) is 7.55. The molecule has 1 unspecified atom stereocenters. The maximum absolute atomic E-state index is 13.9. The average Bonchev–Trinajstić information content (AvgIpc) is 4.04. The molecule has 4 aliphatic rings. The highest BCUT2D eigenvalue weighted by Gasteiger charge is 2.51. The Morgan fingerprint density at radius 1 is 0.911 bits per heavy atom. The van der Waals surface area contributed by atoms with Gasteiger partial charge in [-0.05, 0) is 110 Å². The number of hydrogen-bond donors (Lipinski definition) is 4. The Bertz CT molecular complexity index is 2150. The Hall–Kier alpha value is -5.52. The molecule has 1 saturated carbocycles. The fourth-order valence-electron chi connectivity index (χ4n) is 9.07. The van der Waals surface area contributed by atoms with Crippen molar-refractivity contribution in [3.63, 3.8) is 0 Å². The van der Waals surface area contributed by atoms with Gasteiger partial charge in [-0.3, -0.25) is 4.79 Å². The first-order chi connectivity index (χ1) is 26.9. The number of benzene rings is 3. The topological polar surface area (TPSA) is 141 Å². The Balaban J connectivity index is 0.937. The lowest BCUT2D eigenvalue weighted by Gasteiger charge is -2.37. The summed E-state index contributed by atoms with van der Waals surface area (Å²) in [7, 11) is 1.31. The van der Waals surface area contributed by atoms with Crippen molar-refractivity contribution in [3.8, 4) is 22.4 Å². The van der Waals surface area contributed by atoms with E-state index >= 15 is 0 Å². The third-order valence-electron chi connectivity index (χ3n) is 11.8. The van der Waals surface area contributed by atoms with E-state index in [-0.39, 0.29) is 42.2 Å². The lowest BCUT2D eigenvalue weighted by Crippen LogP contribution is -2.54. The first kappa shape index (κ1) is 37.4. The summed E-state index contributed by atoms with van der Waals surface area (Å²) in [5, 5.41) is 12.1. The molecule has 2 saturated heterocycles. The second kappa shape index (κ2) is 14.9. The molecule has 3 aliphatic heterocycles. The number of methoxy groups -OCH3 is 1. The maximum Gasteiger partial charge on any atom is 0.410 e. The Labute approximate surface area is 328 Å². The largest absolute Gasteiger partial charge is 0.453 e. The average molecular weight is 760 g/mol. The van der Waals surface area contributed by atoms with Crippen LogP contribution in [0.25, 0.3) is 38.9 Å². The molecular weight excluding hydrogens is 707 g/mol. The summed E-state index contributed by atoms with van der Waals surface area (Å²) >= 11 is 0. The van der Waals surface area contributed by atoms with Crippen LogP contribution >= 0.6 is 0 Å². The van der Waals surface area contributed by atoms with Crippen LogP contribution in [0.5, 0.6) is 0 Å². The van der Waals surface area contributed by atoms with Crippen LogP contribution in [0, 0.1) is 11.8 Å². The highest BCUT2D eigenvalue weighted by atomic mass is 16.6. The molecule has 294 valence electrons. The van der Waals surface area contributed by atoms with E-state index < -0.39 is 17.7 Å². The normalized spacial score (nSPS) is 23.6. The molecule has 12 nitrogen and oxygen atoms in total. The molecule has 4 heterocycles. The third-order valence-corrected chi connectivity index (χ3v) is 11.8. The minimum atomic E-state index is -0.670. The van der Waals surface area contributed by atoms with Gasteiger partial charge in [0, 0.05) is 18.8 Å². The molecule has 3 fully saturated rings. The predicted molar refractivity (Wildman–Crippen MR) is 216 cm³/mol. The standard InChI is InChI=1S/C44H53N7O5/c1-25(2)37(49-42(53)55-6)41(52)51-33-18-17-32(22-33)38(51)40-46-23-34(48-40)27-11-9-26(10-12-27)28-13-14-30-21-31(16-15-29(30)20-28)35-24-45-39(47-35)36-8-7-19-50(36)43(54)56-44(3,4)5/h9-16,20-21,23-25,32-33,36-39,45,47H,7-8,17-19,22H2,1-6H3,(H,46,48)(H,49,53)/t32-,33+,36+,37+,38+,39?/m1/s1. The van der Waals surface area contributed by atoms with Crippen LogP contribution in [-0.4, -0.2) is 81.4 Å². The highest BCUT2D eigenvalue weighted by Crippen LogP contribution is 2.50. The van der Waals surface area contributed by atoms with Gasteiger partial charge < -0.3 is 40.2 Å². The summed E-state index contributed by atoms with van der Waals surface area (Å²) in [6.45, 7) is 10.3. The number of piperidine rings is 1. The van der Waals surface area contributed by atoms with Crippen molar-refractivity contribution >= 4 is 34.6 Å². The number of alkyl carbamates (subject to hydrolysis) is 1. The first-order valence-corrected chi connectivity index (χ1v) is 20.0. The Morgan fingerprint density at radius 3 is 2.32 bits per heavy atom. The molecule has 8 rings (SSSR count). The number of aromatic nitrogens is 2. The zero-order valence-electron chi connectivity index (χ0n) is 33.1. The molecule has 4 aromatic rings. The van der Waals surface area contributed by atoms with E-state index in [1.54, 1.807) is 0 Å². The summed E-state index contributed by atoms with van der Waals surface area (Å²) in [6.07, 6.45) is 7.75. The fourth-order valence-corrected chi connectivity index (χ4v) is 9.07. The van der Waals surface area contributed by atoms with Gasteiger partial charge in [-0.1, -0.05) is 62.4 Å². The van der Waals surface area contributed by atoms with E-state index in [2.05, 4.69) is 81.6 Å². The summed E-state index contributed by atoms with van der Waals surface area (Å²) in [5.74, 6) is 0.943. The molecule has 1 aromatic heterocycles. The van der Waals surface area contributed by atoms with Crippen LogP contribution in [0.3, 0.4) is 0 Å². The van der Waals surface area contributed by atoms with Crippen LogP contribution in [0.4, 0.5) is 9.59 Å². The number of H-pyrrole nitrogens is 1. The number of rotatable bonds is 8. The van der Waals surface area contributed by atoms with E-state index in [9.17, 15) is 14.4 Å². The minimum Gasteiger partial charge on any atom is -0.453 e. The van der Waals surface area contributed by atoms with E-state index in [1.807, 2.05) is 56.8 Å². The molecule has 56 heavy (non-hydrogen) atoms. The van der Waals surface area contributed by atoms with Crippen LogP contribution in [0.2, 0.25) is 0 Å². The van der Waals surface area contributed by atoms with Gasteiger partial charge in [-0.25, -0.2) is 14.6 Å². The molecule has 3 amide bonds. The van der Waals surface area contributed by atoms with Gasteiger partial charge in [-0.2, -0.15) is 0 Å². The molecule has 0 radical (unpaired) electrons. The van der Waals surface area contributed by atoms with Crippen molar-refractivity contribution < 1.29 is 23.9 Å². The van der Waals surface area contributed by atoms with E-state index in [4.69, 9.17) is 14.5 Å². The van der Waals surface area contributed by atoms with Crippen molar-refractivity contribution in [2.45, 2.75) is 103 Å². The molecular formula is C44H53N7O5. The molecule has 3 aromatic carbocycles. The number of nitrogens with one attached hydrogen (secondary N) is 4. The van der Waals surface area contributed by atoms with Gasteiger partial charge in [0.25, 0.3) is 0 Å². The van der Waals surface area contributed by atoms with Gasteiger partial charge in [-0.15, -0.1) is 0 Å². The molecule has 2 bridgehead atoms. The van der Waals surface area contributed by atoms with Crippen molar-refractivity contribution in [3.05, 3.63) is 84.4 Å². The Morgan fingerprint density at radius 2 is 1.61 bits per heavy atom. The highest BCUT2D eigenvalue weighted by molar-refractivity contribution is 5.90. The van der Waals surface area contributed by atoms with E-state index in [0.717, 1.165) is 82.3 Å². The van der Waals surface area contributed by atoms with Crippen LogP contribution in [0.15, 0.2) is 73.1 Å². The van der Waals surface area contributed by atoms with Gasteiger partial charge in [0.15, 0.2) is 0 Å². The zero-order valence-corrected chi connectivity index (χ0v) is 33.1. The lowest BCUT2D eigenvalue weighted by molar-refractivity contribution is -0.139. The van der Waals surface area contributed by atoms with Gasteiger partial charge in [0.2, 0.25) is 5.91 Å². The molecule has 6 atom stereocenters. The number of imidazole rings is 1.